The van der Waals surface area contributed by atoms with Gasteiger partial charge in [-0.15, -0.1) is 0 Å². The van der Waals surface area contributed by atoms with E-state index in [4.69, 9.17) is 5.84 Å². The normalized spacial score (nSPS) is 12.4. The zero-order chi connectivity index (χ0) is 11.4. The van der Waals surface area contributed by atoms with Crippen molar-refractivity contribution < 1.29 is 4.39 Å². The topological polar surface area (TPSA) is 50.9 Å². The number of hydrazine groups is 1. The summed E-state index contributed by atoms with van der Waals surface area (Å²) >= 11 is 0. The van der Waals surface area contributed by atoms with Crippen LogP contribution >= 0.6 is 0 Å². The van der Waals surface area contributed by atoms with E-state index in [1.807, 2.05) is 12.1 Å². The van der Waals surface area contributed by atoms with E-state index in [9.17, 15) is 4.39 Å². The fourth-order valence-electron chi connectivity index (χ4n) is 1.60. The van der Waals surface area contributed by atoms with Crippen molar-refractivity contribution in [3.8, 4) is 0 Å². The second-order valence-corrected chi connectivity index (χ2v) is 3.43. The average Bonchev–Trinajstić information content (AvgIpc) is 2.34. The molecule has 0 aliphatic carbocycles. The molecule has 0 amide bonds. The van der Waals surface area contributed by atoms with Crippen molar-refractivity contribution in [2.75, 3.05) is 0 Å². The van der Waals surface area contributed by atoms with Crippen LogP contribution in [-0.2, 0) is 0 Å². The van der Waals surface area contributed by atoms with Gasteiger partial charge >= 0.3 is 0 Å². The summed E-state index contributed by atoms with van der Waals surface area (Å²) in [5, 5.41) is 0. The van der Waals surface area contributed by atoms with Gasteiger partial charge in [0.15, 0.2) is 0 Å². The quantitative estimate of drug-likeness (QED) is 0.608. The molecule has 1 atom stereocenters. The summed E-state index contributed by atoms with van der Waals surface area (Å²) in [5.41, 5.74) is 4.61. The number of rotatable bonds is 3. The second kappa shape index (κ2) is 4.83. The number of nitrogens with zero attached hydrogens (tertiary/aromatic N) is 1. The van der Waals surface area contributed by atoms with Gasteiger partial charge in [0, 0.05) is 12.4 Å². The largest absolute Gasteiger partial charge is 0.271 e. The molecule has 82 valence electrons. The third kappa shape index (κ3) is 2.24. The van der Waals surface area contributed by atoms with E-state index < -0.39 is 0 Å². The van der Waals surface area contributed by atoms with Crippen molar-refractivity contribution in [3.05, 3.63) is 65.7 Å². The molecule has 1 heterocycles. The lowest BCUT2D eigenvalue weighted by atomic mass is 10.0. The molecular weight excluding hydrogens is 205 g/mol. The Kier molecular flexibility index (Phi) is 3.24. The highest BCUT2D eigenvalue weighted by Gasteiger charge is 2.11. The zero-order valence-corrected chi connectivity index (χ0v) is 8.60. The van der Waals surface area contributed by atoms with Crippen LogP contribution in [0, 0.1) is 5.82 Å². The van der Waals surface area contributed by atoms with Crippen LogP contribution < -0.4 is 11.3 Å². The monoisotopic (exact) mass is 217 g/mol. The first-order valence-corrected chi connectivity index (χ1v) is 4.93. The van der Waals surface area contributed by atoms with Crippen molar-refractivity contribution in [2.45, 2.75) is 6.04 Å². The van der Waals surface area contributed by atoms with E-state index >= 15 is 0 Å². The highest BCUT2D eigenvalue weighted by Crippen LogP contribution is 2.20. The molecule has 0 radical (unpaired) electrons. The summed E-state index contributed by atoms with van der Waals surface area (Å²) < 4.78 is 12.8. The molecule has 2 aromatic rings. The number of pyridine rings is 1. The summed E-state index contributed by atoms with van der Waals surface area (Å²) in [6, 6.07) is 9.84. The van der Waals surface area contributed by atoms with Crippen molar-refractivity contribution >= 4 is 0 Å². The molecule has 0 saturated heterocycles. The van der Waals surface area contributed by atoms with Gasteiger partial charge in [0.2, 0.25) is 0 Å². The standard InChI is InChI=1S/C12H12FN3/c13-11-3-1-9(2-4-11)12(16-14)10-5-7-15-8-6-10/h1-8,12,16H,14H2. The maximum Gasteiger partial charge on any atom is 0.123 e. The van der Waals surface area contributed by atoms with Crippen LogP contribution in [0.2, 0.25) is 0 Å². The number of halogens is 1. The van der Waals surface area contributed by atoms with Crippen LogP contribution in [0.25, 0.3) is 0 Å². The number of nitrogens with one attached hydrogen (secondary N) is 1. The maximum atomic E-state index is 12.8. The van der Waals surface area contributed by atoms with Crippen LogP contribution in [0.5, 0.6) is 0 Å². The predicted octanol–water partition coefficient (Wildman–Crippen LogP) is 1.77. The molecule has 1 aromatic heterocycles. The van der Waals surface area contributed by atoms with Gasteiger partial charge < -0.3 is 0 Å². The highest BCUT2D eigenvalue weighted by molar-refractivity contribution is 5.30. The van der Waals surface area contributed by atoms with E-state index in [2.05, 4.69) is 10.4 Å². The van der Waals surface area contributed by atoms with Crippen LogP contribution in [0.1, 0.15) is 17.2 Å². The fourth-order valence-corrected chi connectivity index (χ4v) is 1.60. The summed E-state index contributed by atoms with van der Waals surface area (Å²) in [5.74, 6) is 5.26. The molecule has 0 aliphatic heterocycles. The number of hydrogen-bond donors (Lipinski definition) is 2. The molecule has 2 rings (SSSR count). The first-order chi connectivity index (χ1) is 7.81. The lowest BCUT2D eigenvalue weighted by Crippen LogP contribution is -2.28. The van der Waals surface area contributed by atoms with E-state index in [1.54, 1.807) is 24.5 Å². The molecule has 16 heavy (non-hydrogen) atoms. The van der Waals surface area contributed by atoms with Crippen molar-refractivity contribution in [1.29, 1.82) is 0 Å². The molecule has 1 aromatic carbocycles. The van der Waals surface area contributed by atoms with Gasteiger partial charge in [-0.3, -0.25) is 10.8 Å². The van der Waals surface area contributed by atoms with Gasteiger partial charge in [-0.2, -0.15) is 0 Å². The number of benzene rings is 1. The number of hydrogen-bond acceptors (Lipinski definition) is 3. The van der Waals surface area contributed by atoms with E-state index in [1.165, 1.54) is 12.1 Å². The number of aromatic nitrogens is 1. The van der Waals surface area contributed by atoms with Gasteiger partial charge in [-0.05, 0) is 35.4 Å². The zero-order valence-electron chi connectivity index (χ0n) is 8.60. The average molecular weight is 217 g/mol. The minimum Gasteiger partial charge on any atom is -0.271 e. The van der Waals surface area contributed by atoms with Crippen LogP contribution in [-0.4, -0.2) is 4.98 Å². The first kappa shape index (κ1) is 10.7. The van der Waals surface area contributed by atoms with Crippen LogP contribution in [0.3, 0.4) is 0 Å². The summed E-state index contributed by atoms with van der Waals surface area (Å²) in [7, 11) is 0. The summed E-state index contributed by atoms with van der Waals surface area (Å²) in [6.07, 6.45) is 3.40. The third-order valence-corrected chi connectivity index (χ3v) is 2.41. The Morgan fingerprint density at radius 1 is 1.00 bits per heavy atom. The second-order valence-electron chi connectivity index (χ2n) is 3.43. The molecule has 0 bridgehead atoms. The first-order valence-electron chi connectivity index (χ1n) is 4.93. The van der Waals surface area contributed by atoms with Crippen molar-refractivity contribution in [3.63, 3.8) is 0 Å². The van der Waals surface area contributed by atoms with Gasteiger partial charge in [0.25, 0.3) is 0 Å². The molecule has 4 heteroatoms. The summed E-state index contributed by atoms with van der Waals surface area (Å²) in [4.78, 5) is 3.94. The number of nitrogens with two attached hydrogens (primary N) is 1. The smallest absolute Gasteiger partial charge is 0.123 e. The SMILES string of the molecule is NNC(c1ccncc1)c1ccc(F)cc1. The van der Waals surface area contributed by atoms with Crippen molar-refractivity contribution in [1.82, 2.24) is 10.4 Å². The summed E-state index contributed by atoms with van der Waals surface area (Å²) in [6.45, 7) is 0. The fraction of sp³-hybridized carbons (Fsp3) is 0.0833. The van der Waals surface area contributed by atoms with E-state index in [-0.39, 0.29) is 11.9 Å². The Bertz CT molecular complexity index is 442. The molecule has 0 fully saturated rings. The van der Waals surface area contributed by atoms with Crippen molar-refractivity contribution in [2.24, 2.45) is 5.84 Å². The molecule has 3 N–H and O–H groups in total. The van der Waals surface area contributed by atoms with Gasteiger partial charge in [0.05, 0.1) is 6.04 Å². The lowest BCUT2D eigenvalue weighted by molar-refractivity contribution is 0.615. The van der Waals surface area contributed by atoms with Gasteiger partial charge in [0.1, 0.15) is 5.82 Å². The third-order valence-electron chi connectivity index (χ3n) is 2.41. The molecule has 0 spiro atoms. The molecular formula is C12H12FN3. The molecule has 0 saturated carbocycles. The minimum absolute atomic E-state index is 0.149. The van der Waals surface area contributed by atoms with E-state index in [0.717, 1.165) is 11.1 Å². The Balaban J connectivity index is 2.33. The van der Waals surface area contributed by atoms with Gasteiger partial charge in [-0.25, -0.2) is 9.82 Å². The Morgan fingerprint density at radius 3 is 2.12 bits per heavy atom. The molecule has 0 aliphatic rings. The predicted molar refractivity (Wildman–Crippen MR) is 59.8 cm³/mol. The molecule has 1 unspecified atom stereocenters. The Morgan fingerprint density at radius 2 is 1.56 bits per heavy atom. The molecule has 3 nitrogen and oxygen atoms in total. The van der Waals surface area contributed by atoms with Gasteiger partial charge in [-0.1, -0.05) is 12.1 Å². The lowest BCUT2D eigenvalue weighted by Gasteiger charge is -2.16. The maximum absolute atomic E-state index is 12.8. The Hall–Kier alpha value is -1.78. The van der Waals surface area contributed by atoms with Crippen LogP contribution in [0.4, 0.5) is 4.39 Å². The van der Waals surface area contributed by atoms with Crippen LogP contribution in [0.15, 0.2) is 48.8 Å². The Labute approximate surface area is 93.1 Å². The minimum atomic E-state index is -0.255. The highest BCUT2D eigenvalue weighted by atomic mass is 19.1. The van der Waals surface area contributed by atoms with E-state index in [0.29, 0.717) is 0 Å².